The van der Waals surface area contributed by atoms with Gasteiger partial charge in [0.25, 0.3) is 0 Å². The van der Waals surface area contributed by atoms with Gasteiger partial charge >= 0.3 is 6.09 Å². The topological polar surface area (TPSA) is 29.5 Å². The molecule has 2 rings (SSSR count). The normalized spacial score (nSPS) is 35.6. The second-order valence-electron chi connectivity index (χ2n) is 5.62. The van der Waals surface area contributed by atoms with E-state index in [1.165, 1.54) is 19.3 Å². The Morgan fingerprint density at radius 3 is 2.75 bits per heavy atom. The molecule has 1 amide bonds. The molecule has 0 bridgehead atoms. The lowest BCUT2D eigenvalue weighted by Gasteiger charge is -2.30. The summed E-state index contributed by atoms with van der Waals surface area (Å²) in [5.74, 6) is 0.688. The summed E-state index contributed by atoms with van der Waals surface area (Å²) in [4.78, 5) is 13.8. The lowest BCUT2D eigenvalue weighted by atomic mass is 9.75. The van der Waals surface area contributed by atoms with Crippen molar-refractivity contribution < 1.29 is 9.53 Å². The quantitative estimate of drug-likeness (QED) is 0.636. The van der Waals surface area contributed by atoms with Gasteiger partial charge in [0.2, 0.25) is 0 Å². The van der Waals surface area contributed by atoms with E-state index in [-0.39, 0.29) is 18.2 Å². The van der Waals surface area contributed by atoms with Crippen LogP contribution < -0.4 is 0 Å². The molecule has 0 spiro atoms. The Morgan fingerprint density at radius 1 is 1.38 bits per heavy atom. The lowest BCUT2D eigenvalue weighted by Crippen LogP contribution is -2.41. The van der Waals surface area contributed by atoms with E-state index in [1.807, 2.05) is 4.90 Å². The van der Waals surface area contributed by atoms with Crippen LogP contribution in [0.4, 0.5) is 4.79 Å². The number of carbonyl (C=O) groups excluding carboxylic acids is 1. The second kappa shape index (κ2) is 4.68. The number of fused-ring (bicyclic) bond motifs is 1. The van der Waals surface area contributed by atoms with Gasteiger partial charge < -0.3 is 4.74 Å². The molecule has 0 aromatic carbocycles. The van der Waals surface area contributed by atoms with Gasteiger partial charge in [-0.05, 0) is 26.7 Å². The zero-order valence-electron chi connectivity index (χ0n) is 10.6. The van der Waals surface area contributed by atoms with Gasteiger partial charge in [0.1, 0.15) is 14.0 Å². The molecule has 16 heavy (non-hydrogen) atoms. The number of nitrogens with zero attached hydrogens (tertiary/aromatic N) is 1. The summed E-state index contributed by atoms with van der Waals surface area (Å²) in [6.45, 7) is 4.15. The summed E-state index contributed by atoms with van der Waals surface area (Å²) >= 11 is 0. The van der Waals surface area contributed by atoms with E-state index in [0.717, 1.165) is 12.8 Å². The smallest absolute Gasteiger partial charge is 0.410 e. The van der Waals surface area contributed by atoms with Crippen LogP contribution >= 0.6 is 0 Å². The number of amides is 1. The highest BCUT2D eigenvalue weighted by molar-refractivity contribution is 6.11. The van der Waals surface area contributed by atoms with Crippen LogP contribution in [-0.2, 0) is 4.74 Å². The highest BCUT2D eigenvalue weighted by Crippen LogP contribution is 2.34. The molecule has 1 aliphatic carbocycles. The molecule has 2 fully saturated rings. The average Bonchev–Trinajstić information content (AvgIpc) is 2.46. The Hall–Kier alpha value is -0.665. The minimum atomic E-state index is -0.0981. The highest BCUT2D eigenvalue weighted by Gasteiger charge is 2.43. The summed E-state index contributed by atoms with van der Waals surface area (Å²) in [6.07, 6.45) is 6.00. The highest BCUT2D eigenvalue weighted by atomic mass is 16.6. The van der Waals surface area contributed by atoms with E-state index in [1.54, 1.807) is 0 Å². The van der Waals surface area contributed by atoms with Gasteiger partial charge in [-0.2, -0.15) is 0 Å². The average molecular weight is 223 g/mol. The van der Waals surface area contributed by atoms with E-state index in [9.17, 15) is 4.79 Å². The number of ether oxygens (including phenoxy) is 1. The fraction of sp³-hybridized carbons (Fsp3) is 0.917. The van der Waals surface area contributed by atoms with E-state index in [4.69, 9.17) is 4.74 Å². The molecular weight excluding hydrogens is 201 g/mol. The van der Waals surface area contributed by atoms with E-state index in [2.05, 4.69) is 21.7 Å². The van der Waals surface area contributed by atoms with Crippen LogP contribution in [0.1, 0.15) is 46.0 Å². The van der Waals surface area contributed by atoms with Gasteiger partial charge in [-0.3, -0.25) is 4.90 Å². The van der Waals surface area contributed by atoms with Crippen molar-refractivity contribution in [2.75, 3.05) is 0 Å². The predicted molar refractivity (Wildman–Crippen MR) is 66.4 cm³/mol. The summed E-state index contributed by atoms with van der Waals surface area (Å²) in [5, 5.41) is 0. The molecule has 3 nitrogen and oxygen atoms in total. The van der Waals surface area contributed by atoms with Crippen molar-refractivity contribution in [1.29, 1.82) is 0 Å². The van der Waals surface area contributed by atoms with Gasteiger partial charge in [-0.1, -0.05) is 25.1 Å². The number of carbonyl (C=O) groups is 1. The van der Waals surface area contributed by atoms with Crippen LogP contribution in [0.25, 0.3) is 0 Å². The van der Waals surface area contributed by atoms with Crippen molar-refractivity contribution in [3.05, 3.63) is 0 Å². The Bertz CT molecular complexity index is 270. The van der Waals surface area contributed by atoms with Crippen LogP contribution in [0, 0.1) is 0 Å². The molecule has 90 valence electrons. The van der Waals surface area contributed by atoms with Crippen LogP contribution in [0.15, 0.2) is 0 Å². The minimum Gasteiger partial charge on any atom is -0.444 e. The molecular formula is C12H22BNO2. The first kappa shape index (κ1) is 11.8. The van der Waals surface area contributed by atoms with Gasteiger partial charge in [0, 0.05) is 6.04 Å². The first-order chi connectivity index (χ1) is 7.59. The third-order valence-corrected chi connectivity index (χ3v) is 3.89. The standard InChI is InChI=1S/C12H22BNO2/c1-8(2)14-10-6-4-3-5-9(13)7-11(10)16-12(14)15/h8-11H,3-7,13H2,1-2H3. The molecule has 3 atom stereocenters. The van der Waals surface area contributed by atoms with Crippen molar-refractivity contribution in [2.24, 2.45) is 0 Å². The fourth-order valence-electron chi connectivity index (χ4n) is 3.07. The number of rotatable bonds is 1. The zero-order chi connectivity index (χ0) is 11.7. The molecule has 1 saturated carbocycles. The number of hydrogen-bond acceptors (Lipinski definition) is 2. The zero-order valence-corrected chi connectivity index (χ0v) is 10.6. The van der Waals surface area contributed by atoms with Crippen molar-refractivity contribution in [3.63, 3.8) is 0 Å². The molecule has 0 radical (unpaired) electrons. The second-order valence-corrected chi connectivity index (χ2v) is 5.62. The third-order valence-electron chi connectivity index (χ3n) is 3.89. The molecule has 1 heterocycles. The maximum atomic E-state index is 11.8. The maximum absolute atomic E-state index is 11.8. The molecule has 3 unspecified atom stereocenters. The van der Waals surface area contributed by atoms with Crippen LogP contribution in [0.2, 0.25) is 5.82 Å². The maximum Gasteiger partial charge on any atom is 0.410 e. The summed E-state index contributed by atoms with van der Waals surface area (Å²) in [7, 11) is 2.27. The van der Waals surface area contributed by atoms with Crippen LogP contribution in [0.3, 0.4) is 0 Å². The molecule has 0 aromatic rings. The molecule has 1 saturated heterocycles. The Balaban J connectivity index is 2.12. The summed E-state index contributed by atoms with van der Waals surface area (Å²) in [5.41, 5.74) is 0. The predicted octanol–water partition coefficient (Wildman–Crippen LogP) is 1.97. The SMILES string of the molecule is BC1CCCCC2C(C1)OC(=O)N2C(C)C. The molecule has 0 aromatic heterocycles. The summed E-state index contributed by atoms with van der Waals surface area (Å²) in [6, 6.07) is 0.590. The van der Waals surface area contributed by atoms with Crippen LogP contribution in [-0.4, -0.2) is 37.0 Å². The molecule has 0 N–H and O–H groups in total. The van der Waals surface area contributed by atoms with E-state index >= 15 is 0 Å². The fourth-order valence-corrected chi connectivity index (χ4v) is 3.07. The monoisotopic (exact) mass is 223 g/mol. The van der Waals surface area contributed by atoms with Gasteiger partial charge in [0.15, 0.2) is 0 Å². The van der Waals surface area contributed by atoms with Crippen molar-refractivity contribution >= 4 is 13.9 Å². The van der Waals surface area contributed by atoms with Crippen molar-refractivity contribution in [3.8, 4) is 0 Å². The van der Waals surface area contributed by atoms with Crippen molar-refractivity contribution in [1.82, 2.24) is 4.90 Å². The molecule has 2 aliphatic rings. The lowest BCUT2D eigenvalue weighted by molar-refractivity contribution is 0.119. The molecule has 4 heteroatoms. The van der Waals surface area contributed by atoms with Gasteiger partial charge in [-0.15, -0.1) is 0 Å². The minimum absolute atomic E-state index is 0.0981. The van der Waals surface area contributed by atoms with Gasteiger partial charge in [-0.25, -0.2) is 4.79 Å². The first-order valence-electron chi connectivity index (χ1n) is 6.58. The molecule has 1 aliphatic heterocycles. The number of hydrogen-bond donors (Lipinski definition) is 0. The first-order valence-corrected chi connectivity index (χ1v) is 6.58. The van der Waals surface area contributed by atoms with E-state index in [0.29, 0.717) is 11.9 Å². The van der Waals surface area contributed by atoms with Crippen molar-refractivity contribution in [2.45, 2.75) is 70.0 Å². The Labute approximate surface area is 98.9 Å². The van der Waals surface area contributed by atoms with Crippen LogP contribution in [0.5, 0.6) is 0 Å². The largest absolute Gasteiger partial charge is 0.444 e. The van der Waals surface area contributed by atoms with Gasteiger partial charge in [0.05, 0.1) is 6.04 Å². The summed E-state index contributed by atoms with van der Waals surface area (Å²) < 4.78 is 5.53. The Morgan fingerprint density at radius 2 is 2.06 bits per heavy atom. The van der Waals surface area contributed by atoms with E-state index < -0.39 is 0 Å². The Kier molecular flexibility index (Phi) is 3.46. The third kappa shape index (κ3) is 2.20.